The van der Waals surface area contributed by atoms with Crippen LogP contribution in [0.1, 0.15) is 21.6 Å². The summed E-state index contributed by atoms with van der Waals surface area (Å²) in [5, 5.41) is 2.52. The molecule has 24 heavy (non-hydrogen) atoms. The second-order valence-electron chi connectivity index (χ2n) is 5.47. The molecule has 0 aliphatic heterocycles. The van der Waals surface area contributed by atoms with Crippen molar-refractivity contribution in [2.75, 3.05) is 5.32 Å². The number of rotatable bonds is 3. The molecule has 1 N–H and O–H groups in total. The Morgan fingerprint density at radius 1 is 1.04 bits per heavy atom. The van der Waals surface area contributed by atoms with E-state index in [1.807, 2.05) is 32.0 Å². The van der Waals surface area contributed by atoms with Crippen molar-refractivity contribution in [1.82, 2.24) is 14.5 Å². The number of aryl methyl sites for hydroxylation is 2. The van der Waals surface area contributed by atoms with Gasteiger partial charge in [0.15, 0.2) is 5.82 Å². The van der Waals surface area contributed by atoms with E-state index in [0.29, 0.717) is 0 Å². The van der Waals surface area contributed by atoms with E-state index in [4.69, 9.17) is 0 Å². The van der Waals surface area contributed by atoms with Gasteiger partial charge in [0.1, 0.15) is 5.69 Å². The lowest BCUT2D eigenvalue weighted by Gasteiger charge is -2.10. The van der Waals surface area contributed by atoms with Gasteiger partial charge in [-0.3, -0.25) is 19.1 Å². The van der Waals surface area contributed by atoms with Crippen LogP contribution in [0.3, 0.4) is 0 Å². The zero-order chi connectivity index (χ0) is 17.1. The van der Waals surface area contributed by atoms with Crippen molar-refractivity contribution in [2.45, 2.75) is 13.8 Å². The van der Waals surface area contributed by atoms with Crippen molar-refractivity contribution in [1.29, 1.82) is 0 Å². The fraction of sp³-hybridized carbons (Fsp3) is 0.111. The standard InChI is InChI=1S/C18H16N4O2/c1-12-9-13(2)11-14(10-12)22-8-7-20-16(18(22)24)21-17(23)15-5-3-4-6-19-15/h3-11H,1-2H3,(H,20,21,23). The summed E-state index contributed by atoms with van der Waals surface area (Å²) in [7, 11) is 0. The van der Waals surface area contributed by atoms with E-state index >= 15 is 0 Å². The van der Waals surface area contributed by atoms with E-state index in [2.05, 4.69) is 15.3 Å². The van der Waals surface area contributed by atoms with Gasteiger partial charge < -0.3 is 5.32 Å². The van der Waals surface area contributed by atoms with Crippen LogP contribution in [0, 0.1) is 13.8 Å². The summed E-state index contributed by atoms with van der Waals surface area (Å²) in [6.45, 7) is 3.93. The fourth-order valence-corrected chi connectivity index (χ4v) is 2.46. The molecule has 3 aromatic rings. The van der Waals surface area contributed by atoms with Crippen molar-refractivity contribution in [3.05, 3.63) is 82.2 Å². The van der Waals surface area contributed by atoms with Crippen LogP contribution < -0.4 is 10.9 Å². The Hall–Kier alpha value is -3.28. The molecule has 6 heteroatoms. The van der Waals surface area contributed by atoms with Gasteiger partial charge in [-0.15, -0.1) is 0 Å². The predicted octanol–water partition coefficient (Wildman–Crippen LogP) is 2.50. The number of hydrogen-bond donors (Lipinski definition) is 1. The average molecular weight is 320 g/mol. The highest BCUT2D eigenvalue weighted by atomic mass is 16.2. The zero-order valence-electron chi connectivity index (χ0n) is 13.4. The van der Waals surface area contributed by atoms with E-state index in [9.17, 15) is 9.59 Å². The molecule has 0 atom stereocenters. The Morgan fingerprint density at radius 3 is 2.46 bits per heavy atom. The van der Waals surface area contributed by atoms with Crippen LogP contribution in [0.4, 0.5) is 5.82 Å². The third-order valence-corrected chi connectivity index (χ3v) is 3.45. The first-order valence-corrected chi connectivity index (χ1v) is 7.43. The Balaban J connectivity index is 1.97. The third-order valence-electron chi connectivity index (χ3n) is 3.45. The van der Waals surface area contributed by atoms with Gasteiger partial charge in [0.2, 0.25) is 0 Å². The van der Waals surface area contributed by atoms with Gasteiger partial charge in [0, 0.05) is 24.3 Å². The Kier molecular flexibility index (Phi) is 4.20. The average Bonchev–Trinajstić information content (AvgIpc) is 2.56. The van der Waals surface area contributed by atoms with Gasteiger partial charge >= 0.3 is 0 Å². The highest BCUT2D eigenvalue weighted by molar-refractivity contribution is 6.02. The Labute approximate surface area is 138 Å². The van der Waals surface area contributed by atoms with Gasteiger partial charge in [-0.1, -0.05) is 12.1 Å². The van der Waals surface area contributed by atoms with Crippen LogP contribution in [0.5, 0.6) is 0 Å². The molecule has 0 radical (unpaired) electrons. The third kappa shape index (κ3) is 3.22. The maximum atomic E-state index is 12.6. The summed E-state index contributed by atoms with van der Waals surface area (Å²) in [5.74, 6) is -0.509. The van der Waals surface area contributed by atoms with Gasteiger partial charge in [0.25, 0.3) is 11.5 Å². The molecule has 0 aliphatic rings. The first kappa shape index (κ1) is 15.6. The topological polar surface area (TPSA) is 76.9 Å². The van der Waals surface area contributed by atoms with Crippen LogP contribution in [0.25, 0.3) is 5.69 Å². The van der Waals surface area contributed by atoms with Crippen LogP contribution >= 0.6 is 0 Å². The highest BCUT2D eigenvalue weighted by Gasteiger charge is 2.12. The first-order valence-electron chi connectivity index (χ1n) is 7.43. The molecule has 0 unspecified atom stereocenters. The van der Waals surface area contributed by atoms with E-state index < -0.39 is 11.5 Å². The van der Waals surface area contributed by atoms with Crippen molar-refractivity contribution >= 4 is 11.7 Å². The van der Waals surface area contributed by atoms with E-state index in [0.717, 1.165) is 16.8 Å². The predicted molar refractivity (Wildman–Crippen MR) is 91.5 cm³/mol. The lowest BCUT2D eigenvalue weighted by Crippen LogP contribution is -2.26. The molecule has 2 heterocycles. The number of benzene rings is 1. The number of aromatic nitrogens is 3. The number of pyridine rings is 1. The fourth-order valence-electron chi connectivity index (χ4n) is 2.46. The molecule has 3 rings (SSSR count). The molecule has 120 valence electrons. The molecule has 0 spiro atoms. The van der Waals surface area contributed by atoms with Crippen LogP contribution in [-0.2, 0) is 0 Å². The quantitative estimate of drug-likeness (QED) is 0.804. The molecule has 6 nitrogen and oxygen atoms in total. The van der Waals surface area contributed by atoms with Gasteiger partial charge in [0.05, 0.1) is 0 Å². The summed E-state index contributed by atoms with van der Waals surface area (Å²) in [6, 6.07) is 10.8. The minimum absolute atomic E-state index is 0.0349. The summed E-state index contributed by atoms with van der Waals surface area (Å²) in [4.78, 5) is 32.7. The molecule has 1 aromatic carbocycles. The molecular formula is C18H16N4O2. The van der Waals surface area contributed by atoms with Gasteiger partial charge in [-0.05, 0) is 49.2 Å². The minimum atomic E-state index is -0.474. The van der Waals surface area contributed by atoms with Crippen molar-refractivity contribution in [2.24, 2.45) is 0 Å². The molecule has 1 amide bonds. The van der Waals surface area contributed by atoms with Crippen molar-refractivity contribution in [3.63, 3.8) is 0 Å². The lowest BCUT2D eigenvalue weighted by atomic mass is 10.1. The van der Waals surface area contributed by atoms with Crippen LogP contribution in [-0.4, -0.2) is 20.4 Å². The summed E-state index contributed by atoms with van der Waals surface area (Å²) >= 11 is 0. The zero-order valence-corrected chi connectivity index (χ0v) is 13.4. The minimum Gasteiger partial charge on any atom is -0.301 e. The molecule has 0 bridgehead atoms. The number of nitrogens with one attached hydrogen (secondary N) is 1. The maximum absolute atomic E-state index is 12.6. The summed E-state index contributed by atoms with van der Waals surface area (Å²) in [6.07, 6.45) is 4.57. The summed E-state index contributed by atoms with van der Waals surface area (Å²) in [5.41, 5.74) is 2.65. The number of carbonyl (C=O) groups excluding carboxylic acids is 1. The first-order chi connectivity index (χ1) is 11.5. The molecule has 0 fully saturated rings. The smallest absolute Gasteiger partial charge is 0.298 e. The highest BCUT2D eigenvalue weighted by Crippen LogP contribution is 2.12. The number of nitrogens with zero attached hydrogens (tertiary/aromatic N) is 3. The van der Waals surface area contributed by atoms with Crippen LogP contribution in [0.2, 0.25) is 0 Å². The Morgan fingerprint density at radius 2 is 1.79 bits per heavy atom. The maximum Gasteiger partial charge on any atom is 0.298 e. The number of carbonyl (C=O) groups is 1. The van der Waals surface area contributed by atoms with Crippen molar-refractivity contribution < 1.29 is 4.79 Å². The van der Waals surface area contributed by atoms with Gasteiger partial charge in [-0.2, -0.15) is 0 Å². The van der Waals surface area contributed by atoms with Gasteiger partial charge in [-0.25, -0.2) is 4.98 Å². The van der Waals surface area contributed by atoms with Crippen molar-refractivity contribution in [3.8, 4) is 5.69 Å². The SMILES string of the molecule is Cc1cc(C)cc(-n2ccnc(NC(=O)c3ccccn3)c2=O)c1. The molecule has 0 saturated carbocycles. The summed E-state index contributed by atoms with van der Waals surface area (Å²) < 4.78 is 1.46. The molecule has 0 aliphatic carbocycles. The number of amides is 1. The van der Waals surface area contributed by atoms with E-state index in [-0.39, 0.29) is 11.5 Å². The molecule has 2 aromatic heterocycles. The molecular weight excluding hydrogens is 304 g/mol. The van der Waals surface area contributed by atoms with Crippen LogP contribution in [0.15, 0.2) is 59.8 Å². The monoisotopic (exact) mass is 320 g/mol. The van der Waals surface area contributed by atoms with E-state index in [1.54, 1.807) is 24.4 Å². The molecule has 0 saturated heterocycles. The lowest BCUT2D eigenvalue weighted by molar-refractivity contribution is 0.102. The normalized spacial score (nSPS) is 10.4. The largest absolute Gasteiger partial charge is 0.301 e. The second kappa shape index (κ2) is 6.45. The Bertz CT molecular complexity index is 928. The number of anilines is 1. The second-order valence-corrected chi connectivity index (χ2v) is 5.47. The van der Waals surface area contributed by atoms with E-state index in [1.165, 1.54) is 17.0 Å². The number of hydrogen-bond acceptors (Lipinski definition) is 4.